The summed E-state index contributed by atoms with van der Waals surface area (Å²) in [6.45, 7) is 4.79. The fourth-order valence-electron chi connectivity index (χ4n) is 4.02. The molecule has 152 valence electrons. The maximum atomic E-state index is 9.54. The molecule has 0 radical (unpaired) electrons. The first-order valence-corrected chi connectivity index (χ1v) is 10.4. The van der Waals surface area contributed by atoms with Crippen LogP contribution < -0.4 is 14.7 Å². The van der Waals surface area contributed by atoms with Gasteiger partial charge in [0.15, 0.2) is 0 Å². The van der Waals surface area contributed by atoms with Gasteiger partial charge in [-0.1, -0.05) is 17.7 Å². The molecule has 1 unspecified atom stereocenters. The highest BCUT2D eigenvalue weighted by Crippen LogP contribution is 2.30. The second-order valence-corrected chi connectivity index (χ2v) is 7.82. The van der Waals surface area contributed by atoms with Crippen molar-refractivity contribution in [2.45, 2.75) is 18.9 Å². The van der Waals surface area contributed by atoms with E-state index in [9.17, 15) is 5.26 Å². The third kappa shape index (κ3) is 4.24. The lowest BCUT2D eigenvalue weighted by atomic mass is 10.0. The summed E-state index contributed by atoms with van der Waals surface area (Å²) < 4.78 is 5.43. The number of benzene rings is 1. The quantitative estimate of drug-likeness (QED) is 0.764. The van der Waals surface area contributed by atoms with E-state index in [2.05, 4.69) is 32.8 Å². The van der Waals surface area contributed by atoms with Crippen molar-refractivity contribution in [1.82, 2.24) is 9.97 Å². The SMILES string of the molecule is CN(c1ccnc(N2CCOCC2)n1)C1CCCN(c2cccc(Cl)c2C#N)C1. The van der Waals surface area contributed by atoms with E-state index in [0.29, 0.717) is 29.8 Å². The Balaban J connectivity index is 1.52. The second kappa shape index (κ2) is 8.85. The fourth-order valence-corrected chi connectivity index (χ4v) is 4.23. The van der Waals surface area contributed by atoms with Gasteiger partial charge >= 0.3 is 0 Å². The molecule has 3 heterocycles. The first-order valence-electron chi connectivity index (χ1n) is 9.99. The molecule has 4 rings (SSSR count). The van der Waals surface area contributed by atoms with Gasteiger partial charge in [0.1, 0.15) is 11.9 Å². The fraction of sp³-hybridized carbons (Fsp3) is 0.476. The summed E-state index contributed by atoms with van der Waals surface area (Å²) in [5.41, 5.74) is 1.46. The number of hydrogen-bond donors (Lipinski definition) is 0. The Labute approximate surface area is 176 Å². The molecule has 1 aromatic heterocycles. The Morgan fingerprint density at radius 3 is 2.83 bits per heavy atom. The summed E-state index contributed by atoms with van der Waals surface area (Å²) in [5.74, 6) is 1.67. The van der Waals surface area contributed by atoms with Crippen molar-refractivity contribution >= 4 is 29.1 Å². The predicted octanol–water partition coefficient (Wildman–Crippen LogP) is 2.94. The van der Waals surface area contributed by atoms with Crippen molar-refractivity contribution in [1.29, 1.82) is 5.26 Å². The third-order valence-corrected chi connectivity index (χ3v) is 5.99. The number of rotatable bonds is 4. The van der Waals surface area contributed by atoms with Crippen LogP contribution in [0.5, 0.6) is 0 Å². The van der Waals surface area contributed by atoms with E-state index in [4.69, 9.17) is 21.3 Å². The van der Waals surface area contributed by atoms with Crippen LogP contribution in [0.4, 0.5) is 17.5 Å². The molecule has 2 saturated heterocycles. The average Bonchev–Trinajstić information content (AvgIpc) is 2.79. The number of nitriles is 1. The van der Waals surface area contributed by atoms with Gasteiger partial charge in [-0.15, -0.1) is 0 Å². The smallest absolute Gasteiger partial charge is 0.227 e. The van der Waals surface area contributed by atoms with Crippen molar-refractivity contribution in [2.75, 3.05) is 61.1 Å². The van der Waals surface area contributed by atoms with Crippen LogP contribution in [0.25, 0.3) is 0 Å². The van der Waals surface area contributed by atoms with E-state index >= 15 is 0 Å². The number of hydrogen-bond acceptors (Lipinski definition) is 7. The minimum absolute atomic E-state index is 0.293. The van der Waals surface area contributed by atoms with Gasteiger partial charge in [-0.05, 0) is 31.0 Å². The highest BCUT2D eigenvalue weighted by Gasteiger charge is 2.26. The molecule has 0 saturated carbocycles. The highest BCUT2D eigenvalue weighted by atomic mass is 35.5. The van der Waals surface area contributed by atoms with Crippen LogP contribution in [0.1, 0.15) is 18.4 Å². The number of aromatic nitrogens is 2. The van der Waals surface area contributed by atoms with E-state index in [1.165, 1.54) is 0 Å². The zero-order valence-electron chi connectivity index (χ0n) is 16.6. The number of morpholine rings is 1. The average molecular weight is 413 g/mol. The molecule has 0 aliphatic carbocycles. The van der Waals surface area contributed by atoms with Crippen LogP contribution in [0.2, 0.25) is 5.02 Å². The molecule has 0 spiro atoms. The van der Waals surface area contributed by atoms with E-state index < -0.39 is 0 Å². The summed E-state index contributed by atoms with van der Waals surface area (Å²) in [4.78, 5) is 15.9. The molecule has 2 aliphatic heterocycles. The summed E-state index contributed by atoms with van der Waals surface area (Å²) >= 11 is 6.24. The Bertz CT molecular complexity index is 895. The van der Waals surface area contributed by atoms with Crippen LogP contribution >= 0.6 is 11.6 Å². The number of nitrogens with zero attached hydrogens (tertiary/aromatic N) is 6. The Morgan fingerprint density at radius 1 is 1.21 bits per heavy atom. The third-order valence-electron chi connectivity index (χ3n) is 5.67. The summed E-state index contributed by atoms with van der Waals surface area (Å²) in [7, 11) is 2.09. The van der Waals surface area contributed by atoms with E-state index in [1.807, 2.05) is 24.4 Å². The van der Waals surface area contributed by atoms with E-state index in [0.717, 1.165) is 56.5 Å². The lowest BCUT2D eigenvalue weighted by Gasteiger charge is -2.39. The van der Waals surface area contributed by atoms with Gasteiger partial charge in [-0.3, -0.25) is 0 Å². The Hall–Kier alpha value is -2.56. The summed E-state index contributed by atoms with van der Waals surface area (Å²) in [6.07, 6.45) is 3.95. The summed E-state index contributed by atoms with van der Waals surface area (Å²) in [5, 5.41) is 10.0. The van der Waals surface area contributed by atoms with Gasteiger partial charge < -0.3 is 19.4 Å². The van der Waals surface area contributed by atoms with Crippen molar-refractivity contribution in [2.24, 2.45) is 0 Å². The Kier molecular flexibility index (Phi) is 6.02. The maximum absolute atomic E-state index is 9.54. The number of ether oxygens (including phenoxy) is 1. The number of piperidine rings is 1. The number of anilines is 3. The molecular weight excluding hydrogens is 388 g/mol. The van der Waals surface area contributed by atoms with Crippen molar-refractivity contribution < 1.29 is 4.74 Å². The van der Waals surface area contributed by atoms with Crippen molar-refractivity contribution in [3.63, 3.8) is 0 Å². The predicted molar refractivity (Wildman–Crippen MR) is 115 cm³/mol. The largest absolute Gasteiger partial charge is 0.378 e. The van der Waals surface area contributed by atoms with Gasteiger partial charge in [-0.25, -0.2) is 4.98 Å². The van der Waals surface area contributed by atoms with Crippen molar-refractivity contribution in [3.05, 3.63) is 41.0 Å². The minimum Gasteiger partial charge on any atom is -0.378 e. The monoisotopic (exact) mass is 412 g/mol. The first kappa shape index (κ1) is 19.7. The normalized spacial score (nSPS) is 19.7. The van der Waals surface area contributed by atoms with Gasteiger partial charge in [0.05, 0.1) is 29.5 Å². The molecule has 29 heavy (non-hydrogen) atoms. The highest BCUT2D eigenvalue weighted by molar-refractivity contribution is 6.32. The molecule has 2 fully saturated rings. The van der Waals surface area contributed by atoms with Gasteiger partial charge in [0, 0.05) is 45.5 Å². The molecule has 0 N–H and O–H groups in total. The zero-order chi connectivity index (χ0) is 20.2. The minimum atomic E-state index is 0.293. The van der Waals surface area contributed by atoms with E-state index in [1.54, 1.807) is 6.07 Å². The molecule has 2 aliphatic rings. The van der Waals surface area contributed by atoms with E-state index in [-0.39, 0.29) is 0 Å². The van der Waals surface area contributed by atoms with Crippen molar-refractivity contribution in [3.8, 4) is 6.07 Å². The number of likely N-dealkylation sites (N-methyl/N-ethyl adjacent to an activating group) is 1. The molecular formula is C21H25ClN6O. The van der Waals surface area contributed by atoms with Gasteiger partial charge in [0.25, 0.3) is 0 Å². The van der Waals surface area contributed by atoms with Crippen LogP contribution in [-0.4, -0.2) is 62.5 Å². The summed E-state index contributed by atoms with van der Waals surface area (Å²) in [6, 6.07) is 10.2. The molecule has 0 amide bonds. The maximum Gasteiger partial charge on any atom is 0.227 e. The molecule has 1 atom stereocenters. The topological polar surface area (TPSA) is 68.5 Å². The molecule has 8 heteroatoms. The second-order valence-electron chi connectivity index (χ2n) is 7.41. The Morgan fingerprint density at radius 2 is 2.03 bits per heavy atom. The lowest BCUT2D eigenvalue weighted by molar-refractivity contribution is 0.122. The molecule has 1 aromatic carbocycles. The van der Waals surface area contributed by atoms with Gasteiger partial charge in [0.2, 0.25) is 5.95 Å². The van der Waals surface area contributed by atoms with Crippen LogP contribution in [0.15, 0.2) is 30.5 Å². The molecule has 7 nitrogen and oxygen atoms in total. The number of halogens is 1. The molecule has 0 bridgehead atoms. The lowest BCUT2D eigenvalue weighted by Crippen LogP contribution is -2.47. The molecule has 2 aromatic rings. The van der Waals surface area contributed by atoms with Crippen LogP contribution in [-0.2, 0) is 4.74 Å². The van der Waals surface area contributed by atoms with Gasteiger partial charge in [-0.2, -0.15) is 10.2 Å². The van der Waals surface area contributed by atoms with Crippen LogP contribution in [0, 0.1) is 11.3 Å². The zero-order valence-corrected chi connectivity index (χ0v) is 17.3. The first-order chi connectivity index (χ1) is 14.2. The van der Waals surface area contributed by atoms with Crippen LogP contribution in [0.3, 0.4) is 0 Å². The standard InChI is InChI=1S/C21H25ClN6O/c1-26(20-7-8-24-21(25-20)27-10-12-29-13-11-27)16-4-3-9-28(15-16)19-6-2-5-18(22)17(19)14-23/h2,5-8,16H,3-4,9-13,15H2,1H3.